The first-order valence-corrected chi connectivity index (χ1v) is 4.55. The Bertz CT molecular complexity index is 390. The lowest BCUT2D eigenvalue weighted by Crippen LogP contribution is -2.32. The van der Waals surface area contributed by atoms with E-state index in [1.807, 2.05) is 12.3 Å². The summed E-state index contributed by atoms with van der Waals surface area (Å²) >= 11 is 0. The number of hydrogen-bond donors (Lipinski definition) is 0. The van der Waals surface area contributed by atoms with E-state index in [0.29, 0.717) is 0 Å². The molecule has 0 saturated carbocycles. The van der Waals surface area contributed by atoms with Crippen molar-refractivity contribution in [3.63, 3.8) is 0 Å². The summed E-state index contributed by atoms with van der Waals surface area (Å²) in [6.45, 7) is 2.21. The summed E-state index contributed by atoms with van der Waals surface area (Å²) in [6.07, 6.45) is 7.68. The van der Waals surface area contributed by atoms with Crippen molar-refractivity contribution < 1.29 is 0 Å². The summed E-state index contributed by atoms with van der Waals surface area (Å²) < 4.78 is 0. The second kappa shape index (κ2) is 3.10. The highest BCUT2D eigenvalue weighted by Gasteiger charge is 2.01. The lowest BCUT2D eigenvalue weighted by Gasteiger charge is -2.06. The molecule has 0 amide bonds. The van der Waals surface area contributed by atoms with Gasteiger partial charge in [-0.15, -0.1) is 0 Å². The van der Waals surface area contributed by atoms with Crippen LogP contribution in [0, 0.1) is 0 Å². The number of fused-ring (bicyclic) bond motifs is 1. The van der Waals surface area contributed by atoms with Crippen LogP contribution < -0.4 is 10.6 Å². The Balaban J connectivity index is 2.78. The standard InChI is InChI=1S/C11H13N/c1-2-9-5-3-6-10-7-4-8-12-11(9)10/h4,6-8H,2-3,5H2,1H3. The van der Waals surface area contributed by atoms with Gasteiger partial charge in [-0.25, -0.2) is 0 Å². The van der Waals surface area contributed by atoms with Crippen molar-refractivity contribution in [1.82, 2.24) is 4.98 Å². The van der Waals surface area contributed by atoms with Crippen LogP contribution in [0.25, 0.3) is 11.6 Å². The number of hydrogen-bond acceptors (Lipinski definition) is 1. The maximum atomic E-state index is 4.40. The quantitative estimate of drug-likeness (QED) is 0.600. The van der Waals surface area contributed by atoms with Gasteiger partial charge in [0.15, 0.2) is 0 Å². The van der Waals surface area contributed by atoms with Gasteiger partial charge in [-0.05, 0) is 36.1 Å². The third kappa shape index (κ3) is 1.15. The first-order valence-electron chi connectivity index (χ1n) is 4.55. The lowest BCUT2D eigenvalue weighted by molar-refractivity contribution is 0.978. The van der Waals surface area contributed by atoms with Gasteiger partial charge in [-0.2, -0.15) is 0 Å². The molecule has 1 nitrogen and oxygen atoms in total. The molecule has 0 aromatic carbocycles. The number of nitrogens with zero attached hydrogens (tertiary/aromatic N) is 1. The number of rotatable bonds is 1. The Labute approximate surface area is 72.5 Å². The molecule has 1 aliphatic carbocycles. The molecule has 1 aromatic rings. The van der Waals surface area contributed by atoms with Gasteiger partial charge in [0, 0.05) is 6.20 Å². The molecule has 2 rings (SSSR count). The first kappa shape index (κ1) is 7.53. The zero-order valence-electron chi connectivity index (χ0n) is 7.38. The molecule has 1 heterocycles. The first-order chi connectivity index (χ1) is 5.92. The minimum Gasteiger partial charge on any atom is -0.256 e. The minimum atomic E-state index is 1.14. The van der Waals surface area contributed by atoms with E-state index in [2.05, 4.69) is 24.1 Å². The summed E-state index contributed by atoms with van der Waals surface area (Å²) in [5, 5.41) is 2.55. The zero-order chi connectivity index (χ0) is 8.39. The topological polar surface area (TPSA) is 12.9 Å². The lowest BCUT2D eigenvalue weighted by atomic mass is 10.0. The zero-order valence-corrected chi connectivity index (χ0v) is 7.38. The SMILES string of the molecule is CCC1=c2ncccc2=CCC1. The predicted molar refractivity (Wildman–Crippen MR) is 50.9 cm³/mol. The van der Waals surface area contributed by atoms with Crippen molar-refractivity contribution in [3.05, 3.63) is 28.9 Å². The number of aromatic nitrogens is 1. The van der Waals surface area contributed by atoms with E-state index in [9.17, 15) is 0 Å². The Kier molecular flexibility index (Phi) is 1.94. The Hall–Kier alpha value is -1.11. The van der Waals surface area contributed by atoms with E-state index >= 15 is 0 Å². The molecule has 0 aliphatic heterocycles. The Morgan fingerprint density at radius 1 is 1.50 bits per heavy atom. The summed E-state index contributed by atoms with van der Waals surface area (Å²) in [6, 6.07) is 4.16. The summed E-state index contributed by atoms with van der Waals surface area (Å²) in [4.78, 5) is 4.40. The third-order valence-corrected chi connectivity index (χ3v) is 2.41. The van der Waals surface area contributed by atoms with Crippen molar-refractivity contribution in [3.8, 4) is 0 Å². The summed E-state index contributed by atoms with van der Waals surface area (Å²) in [5.74, 6) is 0. The van der Waals surface area contributed by atoms with E-state index in [1.165, 1.54) is 29.0 Å². The van der Waals surface area contributed by atoms with Crippen molar-refractivity contribution in [2.45, 2.75) is 26.2 Å². The normalized spacial score (nSPS) is 15.2. The van der Waals surface area contributed by atoms with Gasteiger partial charge >= 0.3 is 0 Å². The van der Waals surface area contributed by atoms with Crippen LogP contribution in [0.1, 0.15) is 26.2 Å². The number of pyridine rings is 1. The smallest absolute Gasteiger partial charge is 0.0690 e. The van der Waals surface area contributed by atoms with Crippen LogP contribution in [0.3, 0.4) is 0 Å². The average molecular weight is 159 g/mol. The maximum absolute atomic E-state index is 4.40. The van der Waals surface area contributed by atoms with Gasteiger partial charge in [0.05, 0.1) is 5.35 Å². The van der Waals surface area contributed by atoms with Crippen LogP contribution in [-0.2, 0) is 0 Å². The van der Waals surface area contributed by atoms with Crippen molar-refractivity contribution in [2.24, 2.45) is 0 Å². The molecule has 62 valence electrons. The second-order valence-corrected chi connectivity index (χ2v) is 3.14. The summed E-state index contributed by atoms with van der Waals surface area (Å²) in [7, 11) is 0. The molecule has 0 bridgehead atoms. The van der Waals surface area contributed by atoms with Gasteiger partial charge in [0.1, 0.15) is 0 Å². The molecule has 0 unspecified atom stereocenters. The van der Waals surface area contributed by atoms with Crippen molar-refractivity contribution in [1.29, 1.82) is 0 Å². The van der Waals surface area contributed by atoms with Gasteiger partial charge in [-0.1, -0.05) is 19.1 Å². The molecule has 12 heavy (non-hydrogen) atoms. The molecular formula is C11H13N. The van der Waals surface area contributed by atoms with E-state index in [4.69, 9.17) is 0 Å². The average Bonchev–Trinajstić information content (AvgIpc) is 2.17. The Morgan fingerprint density at radius 3 is 3.25 bits per heavy atom. The van der Waals surface area contributed by atoms with Crippen LogP contribution >= 0.6 is 0 Å². The van der Waals surface area contributed by atoms with Gasteiger partial charge in [-0.3, -0.25) is 4.98 Å². The van der Waals surface area contributed by atoms with E-state index in [-0.39, 0.29) is 0 Å². The summed E-state index contributed by atoms with van der Waals surface area (Å²) in [5.41, 5.74) is 1.51. The van der Waals surface area contributed by atoms with E-state index in [0.717, 1.165) is 6.42 Å². The molecule has 1 aliphatic rings. The molecule has 0 atom stereocenters. The molecule has 0 radical (unpaired) electrons. The molecule has 1 heteroatoms. The molecule has 0 fully saturated rings. The highest BCUT2D eigenvalue weighted by molar-refractivity contribution is 5.48. The van der Waals surface area contributed by atoms with E-state index in [1.54, 1.807) is 0 Å². The van der Waals surface area contributed by atoms with Crippen molar-refractivity contribution in [2.75, 3.05) is 0 Å². The minimum absolute atomic E-state index is 1.14. The largest absolute Gasteiger partial charge is 0.256 e. The fourth-order valence-corrected chi connectivity index (χ4v) is 1.74. The van der Waals surface area contributed by atoms with Gasteiger partial charge in [0.25, 0.3) is 0 Å². The van der Waals surface area contributed by atoms with Crippen LogP contribution in [0.2, 0.25) is 0 Å². The molecular weight excluding hydrogens is 146 g/mol. The van der Waals surface area contributed by atoms with Crippen LogP contribution in [0.5, 0.6) is 0 Å². The van der Waals surface area contributed by atoms with Crippen LogP contribution in [0.15, 0.2) is 18.3 Å². The monoisotopic (exact) mass is 159 g/mol. The van der Waals surface area contributed by atoms with Crippen molar-refractivity contribution >= 4 is 11.6 Å². The fraction of sp³-hybridized carbons (Fsp3) is 0.364. The van der Waals surface area contributed by atoms with Crippen LogP contribution in [-0.4, -0.2) is 4.98 Å². The Morgan fingerprint density at radius 2 is 2.42 bits per heavy atom. The molecule has 0 spiro atoms. The molecule has 0 N–H and O–H groups in total. The van der Waals surface area contributed by atoms with Gasteiger partial charge < -0.3 is 0 Å². The fourth-order valence-electron chi connectivity index (χ4n) is 1.74. The highest BCUT2D eigenvalue weighted by Crippen LogP contribution is 2.10. The van der Waals surface area contributed by atoms with E-state index < -0.39 is 0 Å². The third-order valence-electron chi connectivity index (χ3n) is 2.41. The van der Waals surface area contributed by atoms with Gasteiger partial charge in [0.2, 0.25) is 0 Å². The maximum Gasteiger partial charge on any atom is 0.0690 e. The molecule has 1 aromatic heterocycles. The molecule has 0 saturated heterocycles. The second-order valence-electron chi connectivity index (χ2n) is 3.14. The predicted octanol–water partition coefficient (Wildman–Crippen LogP) is 1.22. The highest BCUT2D eigenvalue weighted by atomic mass is 14.6. The van der Waals surface area contributed by atoms with Crippen LogP contribution in [0.4, 0.5) is 0 Å².